The Hall–Kier alpha value is -2.34. The van der Waals surface area contributed by atoms with Gasteiger partial charge in [-0.05, 0) is 17.7 Å². The maximum Gasteiger partial charge on any atom is 0.299 e. The number of aromatic nitrogens is 1. The van der Waals surface area contributed by atoms with Crippen LogP contribution in [0.15, 0.2) is 30.6 Å². The van der Waals surface area contributed by atoms with Crippen LogP contribution >= 0.6 is 11.6 Å². The number of hydrogen-bond donors (Lipinski definition) is 0. The van der Waals surface area contributed by atoms with Gasteiger partial charge < -0.3 is 4.90 Å². The molecule has 0 bridgehead atoms. The zero-order valence-corrected chi connectivity index (χ0v) is 11.2. The molecule has 3 rings (SSSR count). The fraction of sp³-hybridized carbons (Fsp3) is 0.0714. The number of pyridine rings is 1. The number of carbonyl (C=O) groups is 2. The molecule has 0 spiro atoms. The largest absolute Gasteiger partial charge is 0.300 e. The monoisotopic (exact) mass is 308 g/mol. The Kier molecular flexibility index (Phi) is 3.17. The van der Waals surface area contributed by atoms with E-state index in [1.807, 2.05) is 0 Å². The number of anilines is 1. The van der Waals surface area contributed by atoms with Gasteiger partial charge in [0.1, 0.15) is 0 Å². The molecule has 0 radical (unpaired) electrons. The molecule has 106 valence electrons. The number of halogens is 3. The molecule has 0 aliphatic carbocycles. The lowest BCUT2D eigenvalue weighted by Crippen LogP contribution is -2.29. The molecule has 4 nitrogen and oxygen atoms in total. The number of Topliss-reactive ketones (excluding diaryl/α,β-unsaturated/α-hetero) is 1. The molecule has 7 heteroatoms. The lowest BCUT2D eigenvalue weighted by molar-refractivity contribution is -0.114. The predicted molar refractivity (Wildman–Crippen MR) is 71.1 cm³/mol. The first-order valence-electron chi connectivity index (χ1n) is 5.92. The zero-order chi connectivity index (χ0) is 15.1. The van der Waals surface area contributed by atoms with Gasteiger partial charge in [-0.15, -0.1) is 0 Å². The van der Waals surface area contributed by atoms with Crippen molar-refractivity contribution in [1.29, 1.82) is 0 Å². The van der Waals surface area contributed by atoms with Crippen LogP contribution in [0.2, 0.25) is 5.02 Å². The second kappa shape index (κ2) is 4.89. The van der Waals surface area contributed by atoms with E-state index in [-0.39, 0.29) is 17.8 Å². The van der Waals surface area contributed by atoms with E-state index in [9.17, 15) is 18.4 Å². The van der Waals surface area contributed by atoms with E-state index in [0.29, 0.717) is 10.6 Å². The van der Waals surface area contributed by atoms with Crippen molar-refractivity contribution in [3.63, 3.8) is 0 Å². The zero-order valence-electron chi connectivity index (χ0n) is 10.4. The molecule has 1 amide bonds. The molecule has 21 heavy (non-hydrogen) atoms. The van der Waals surface area contributed by atoms with Crippen LogP contribution in [0.25, 0.3) is 0 Å². The number of benzene rings is 1. The van der Waals surface area contributed by atoms with E-state index in [2.05, 4.69) is 4.98 Å². The maximum atomic E-state index is 13.4. The van der Waals surface area contributed by atoms with Gasteiger partial charge in [-0.3, -0.25) is 14.6 Å². The van der Waals surface area contributed by atoms with Crippen LogP contribution in [-0.4, -0.2) is 16.7 Å². The van der Waals surface area contributed by atoms with Gasteiger partial charge in [-0.1, -0.05) is 11.6 Å². The Labute approximate surface area is 123 Å². The molecule has 2 aromatic rings. The highest BCUT2D eigenvalue weighted by Crippen LogP contribution is 2.33. The van der Waals surface area contributed by atoms with E-state index in [1.165, 1.54) is 12.4 Å². The lowest BCUT2D eigenvalue weighted by atomic mass is 10.1. The van der Waals surface area contributed by atoms with Crippen molar-refractivity contribution in [2.24, 2.45) is 0 Å². The van der Waals surface area contributed by atoms with Crippen LogP contribution in [0.4, 0.5) is 14.5 Å². The van der Waals surface area contributed by atoms with Gasteiger partial charge in [0.2, 0.25) is 0 Å². The molecule has 0 N–H and O–H groups in total. The third kappa shape index (κ3) is 2.17. The Morgan fingerprint density at radius 1 is 1.19 bits per heavy atom. The van der Waals surface area contributed by atoms with Gasteiger partial charge >= 0.3 is 0 Å². The summed E-state index contributed by atoms with van der Waals surface area (Å²) >= 11 is 5.95. The topological polar surface area (TPSA) is 50.3 Å². The fourth-order valence-corrected chi connectivity index (χ4v) is 2.33. The summed E-state index contributed by atoms with van der Waals surface area (Å²) < 4.78 is 26.6. The number of rotatable bonds is 2. The highest BCUT2D eigenvalue weighted by Gasteiger charge is 2.37. The van der Waals surface area contributed by atoms with E-state index in [4.69, 9.17) is 11.6 Å². The molecule has 0 fully saturated rings. The van der Waals surface area contributed by atoms with Gasteiger partial charge in [0, 0.05) is 18.5 Å². The third-order valence-corrected chi connectivity index (χ3v) is 3.54. The van der Waals surface area contributed by atoms with Gasteiger partial charge in [0.15, 0.2) is 11.6 Å². The van der Waals surface area contributed by atoms with Crippen molar-refractivity contribution in [1.82, 2.24) is 4.98 Å². The molecule has 1 aromatic carbocycles. The summed E-state index contributed by atoms with van der Waals surface area (Å²) in [7, 11) is 0. The predicted octanol–water partition coefficient (Wildman–Crippen LogP) is 2.74. The highest BCUT2D eigenvalue weighted by molar-refractivity contribution is 6.52. The molecule has 1 aliphatic rings. The van der Waals surface area contributed by atoms with Crippen molar-refractivity contribution < 1.29 is 18.4 Å². The van der Waals surface area contributed by atoms with Crippen LogP contribution in [0, 0.1) is 11.6 Å². The Morgan fingerprint density at radius 3 is 2.62 bits per heavy atom. The molecule has 0 unspecified atom stereocenters. The van der Waals surface area contributed by atoms with Crippen molar-refractivity contribution >= 4 is 29.0 Å². The fourth-order valence-electron chi connectivity index (χ4n) is 2.15. The van der Waals surface area contributed by atoms with Crippen LogP contribution in [0.3, 0.4) is 0 Å². The standard InChI is InChI=1S/C14H7ClF2N2O2/c15-9-5-18-2-1-7(9)6-19-12-4-11(17)10(16)3-8(12)13(20)14(19)21/h1-5H,6H2. The molecular formula is C14H7ClF2N2O2. The van der Waals surface area contributed by atoms with Gasteiger partial charge in [-0.2, -0.15) is 0 Å². The average Bonchev–Trinajstić information content (AvgIpc) is 2.67. The summed E-state index contributed by atoms with van der Waals surface area (Å²) in [5, 5.41) is 0.314. The van der Waals surface area contributed by atoms with E-state index < -0.39 is 23.3 Å². The normalized spacial score (nSPS) is 13.8. The lowest BCUT2D eigenvalue weighted by Gasteiger charge is -2.17. The highest BCUT2D eigenvalue weighted by atomic mass is 35.5. The number of carbonyl (C=O) groups excluding carboxylic acids is 2. The molecular weight excluding hydrogens is 302 g/mol. The maximum absolute atomic E-state index is 13.4. The Bertz CT molecular complexity index is 780. The number of fused-ring (bicyclic) bond motifs is 1. The summed E-state index contributed by atoms with van der Waals surface area (Å²) in [6, 6.07) is 3.15. The summed E-state index contributed by atoms with van der Waals surface area (Å²) in [5.41, 5.74) is 0.436. The van der Waals surface area contributed by atoms with E-state index in [1.54, 1.807) is 6.07 Å². The van der Waals surface area contributed by atoms with Crippen LogP contribution in [0.5, 0.6) is 0 Å². The molecule has 0 atom stereocenters. The molecule has 0 saturated carbocycles. The number of nitrogens with zero attached hydrogens (tertiary/aromatic N) is 2. The summed E-state index contributed by atoms with van der Waals surface area (Å²) in [6.45, 7) is -0.0238. The first-order valence-corrected chi connectivity index (χ1v) is 6.30. The summed E-state index contributed by atoms with van der Waals surface area (Å²) in [4.78, 5) is 28.7. The minimum atomic E-state index is -1.17. The summed E-state index contributed by atoms with van der Waals surface area (Å²) in [6.07, 6.45) is 2.88. The molecule has 1 aliphatic heterocycles. The van der Waals surface area contributed by atoms with Crippen LogP contribution < -0.4 is 4.90 Å². The number of hydrogen-bond acceptors (Lipinski definition) is 3. The van der Waals surface area contributed by atoms with Crippen LogP contribution in [0.1, 0.15) is 15.9 Å². The van der Waals surface area contributed by atoms with Crippen molar-refractivity contribution in [3.05, 3.63) is 58.4 Å². The first kappa shape index (κ1) is 13.6. The quantitative estimate of drug-likeness (QED) is 0.802. The second-order valence-electron chi connectivity index (χ2n) is 4.47. The second-order valence-corrected chi connectivity index (χ2v) is 4.88. The SMILES string of the molecule is O=C1C(=O)N(Cc2ccncc2Cl)c2cc(F)c(F)cc21. The minimum absolute atomic E-state index is 0.0238. The molecule has 0 saturated heterocycles. The van der Waals surface area contributed by atoms with Gasteiger partial charge in [0.25, 0.3) is 11.7 Å². The smallest absolute Gasteiger partial charge is 0.299 e. The van der Waals surface area contributed by atoms with E-state index in [0.717, 1.165) is 17.0 Å². The Morgan fingerprint density at radius 2 is 1.90 bits per heavy atom. The Balaban J connectivity index is 2.06. The van der Waals surface area contributed by atoms with Crippen molar-refractivity contribution in [2.45, 2.75) is 6.54 Å². The first-order chi connectivity index (χ1) is 9.99. The molecule has 1 aromatic heterocycles. The number of amides is 1. The van der Waals surface area contributed by atoms with E-state index >= 15 is 0 Å². The van der Waals surface area contributed by atoms with Crippen molar-refractivity contribution in [3.8, 4) is 0 Å². The minimum Gasteiger partial charge on any atom is -0.300 e. The van der Waals surface area contributed by atoms with Crippen molar-refractivity contribution in [2.75, 3.05) is 4.90 Å². The van der Waals surface area contributed by atoms with Gasteiger partial charge in [0.05, 0.1) is 22.8 Å². The third-order valence-electron chi connectivity index (χ3n) is 3.20. The number of ketones is 1. The van der Waals surface area contributed by atoms with Gasteiger partial charge in [-0.25, -0.2) is 8.78 Å². The van der Waals surface area contributed by atoms with Crippen LogP contribution in [-0.2, 0) is 11.3 Å². The summed E-state index contributed by atoms with van der Waals surface area (Å²) in [5.74, 6) is -4.00. The average molecular weight is 309 g/mol. The molecule has 2 heterocycles.